The Bertz CT molecular complexity index is 351. The van der Waals surface area contributed by atoms with Gasteiger partial charge in [0.2, 0.25) is 5.91 Å². The molecule has 0 spiro atoms. The van der Waals surface area contributed by atoms with Crippen LogP contribution in [0, 0.1) is 5.92 Å². The van der Waals surface area contributed by atoms with Crippen LogP contribution in [-0.2, 0) is 14.3 Å². The molecule has 1 aliphatic rings. The number of hydrogen-bond acceptors (Lipinski definition) is 3. The Hall–Kier alpha value is -1.31. The minimum Gasteiger partial charge on any atom is -0.481 e. The number of carbonyl (C=O) groups is 2. The van der Waals surface area contributed by atoms with Gasteiger partial charge in [0.15, 0.2) is 6.10 Å². The molecule has 116 valence electrons. The molecule has 0 aromatic heterocycles. The van der Waals surface area contributed by atoms with E-state index in [1.807, 2.05) is 0 Å². The monoisotopic (exact) mass is 297 g/mol. The SMILES string of the molecule is COC(CC(=O)NC1CCC(C(=O)O)CC1)C(F)(F)F. The summed E-state index contributed by atoms with van der Waals surface area (Å²) in [7, 11) is 0.906. The maximum absolute atomic E-state index is 12.4. The maximum atomic E-state index is 12.4. The van der Waals surface area contributed by atoms with Crippen LogP contribution in [0.25, 0.3) is 0 Å². The Morgan fingerprint density at radius 2 is 1.85 bits per heavy atom. The van der Waals surface area contributed by atoms with Gasteiger partial charge in [-0.25, -0.2) is 0 Å². The molecule has 2 N–H and O–H groups in total. The molecule has 1 fully saturated rings. The summed E-state index contributed by atoms with van der Waals surface area (Å²) >= 11 is 0. The predicted octanol–water partition coefficient (Wildman–Crippen LogP) is 1.71. The van der Waals surface area contributed by atoms with Crippen molar-refractivity contribution in [2.24, 2.45) is 5.92 Å². The molecule has 1 unspecified atom stereocenters. The summed E-state index contributed by atoms with van der Waals surface area (Å²) in [5.41, 5.74) is 0. The lowest BCUT2D eigenvalue weighted by Crippen LogP contribution is -2.42. The van der Waals surface area contributed by atoms with Crippen LogP contribution in [0.5, 0.6) is 0 Å². The molecule has 0 aromatic carbocycles. The summed E-state index contributed by atoms with van der Waals surface area (Å²) in [5.74, 6) is -2.02. The molecule has 0 heterocycles. The summed E-state index contributed by atoms with van der Waals surface area (Å²) in [6.07, 6.45) is -5.69. The molecule has 1 saturated carbocycles. The number of nitrogens with one attached hydrogen (secondary N) is 1. The first-order chi connectivity index (χ1) is 9.24. The highest BCUT2D eigenvalue weighted by atomic mass is 19.4. The molecule has 0 aromatic rings. The lowest BCUT2D eigenvalue weighted by atomic mass is 9.86. The lowest BCUT2D eigenvalue weighted by Gasteiger charge is -2.27. The van der Waals surface area contributed by atoms with Crippen molar-refractivity contribution in [3.05, 3.63) is 0 Å². The number of aliphatic carboxylic acids is 1. The van der Waals surface area contributed by atoms with Gasteiger partial charge in [0, 0.05) is 13.2 Å². The maximum Gasteiger partial charge on any atom is 0.415 e. The van der Waals surface area contributed by atoms with Gasteiger partial charge >= 0.3 is 12.1 Å². The van der Waals surface area contributed by atoms with Crippen molar-refractivity contribution in [1.82, 2.24) is 5.32 Å². The zero-order valence-electron chi connectivity index (χ0n) is 11.1. The minimum absolute atomic E-state index is 0.260. The van der Waals surface area contributed by atoms with Gasteiger partial charge in [-0.15, -0.1) is 0 Å². The highest BCUT2D eigenvalue weighted by molar-refractivity contribution is 5.77. The van der Waals surface area contributed by atoms with Crippen LogP contribution in [-0.4, -0.2) is 42.4 Å². The number of halogens is 3. The fourth-order valence-corrected chi connectivity index (χ4v) is 2.27. The van der Waals surface area contributed by atoms with E-state index in [2.05, 4.69) is 10.1 Å². The van der Waals surface area contributed by atoms with Crippen molar-refractivity contribution in [1.29, 1.82) is 0 Å². The van der Waals surface area contributed by atoms with Crippen LogP contribution in [0.15, 0.2) is 0 Å². The second kappa shape index (κ2) is 6.92. The van der Waals surface area contributed by atoms with Crippen molar-refractivity contribution in [3.8, 4) is 0 Å². The van der Waals surface area contributed by atoms with Gasteiger partial charge in [0.05, 0.1) is 12.3 Å². The standard InChI is InChI=1S/C12H18F3NO4/c1-20-9(12(13,14)15)6-10(17)16-8-4-2-7(3-5-8)11(18)19/h7-9H,2-6H2,1H3,(H,16,17)(H,18,19). The van der Waals surface area contributed by atoms with Gasteiger partial charge in [0.1, 0.15) is 0 Å². The number of methoxy groups -OCH3 is 1. The summed E-state index contributed by atoms with van der Waals surface area (Å²) in [6, 6.07) is -0.260. The molecule has 0 bridgehead atoms. The van der Waals surface area contributed by atoms with Gasteiger partial charge in [0.25, 0.3) is 0 Å². The van der Waals surface area contributed by atoms with Gasteiger partial charge in [-0.3, -0.25) is 9.59 Å². The zero-order valence-corrected chi connectivity index (χ0v) is 11.1. The number of ether oxygens (including phenoxy) is 1. The van der Waals surface area contributed by atoms with E-state index in [4.69, 9.17) is 5.11 Å². The van der Waals surface area contributed by atoms with Crippen LogP contribution < -0.4 is 5.32 Å². The first-order valence-corrected chi connectivity index (χ1v) is 6.35. The van der Waals surface area contributed by atoms with Crippen LogP contribution in [0.3, 0.4) is 0 Å². The van der Waals surface area contributed by atoms with Crippen LogP contribution >= 0.6 is 0 Å². The molecule has 5 nitrogen and oxygen atoms in total. The molecular formula is C12H18F3NO4. The number of carboxylic acid groups (broad SMARTS) is 1. The predicted molar refractivity (Wildman–Crippen MR) is 63.0 cm³/mol. The molecule has 1 amide bonds. The average Bonchev–Trinajstić information content (AvgIpc) is 2.35. The molecular weight excluding hydrogens is 279 g/mol. The molecule has 1 atom stereocenters. The Morgan fingerprint density at radius 3 is 2.25 bits per heavy atom. The summed E-state index contributed by atoms with van der Waals surface area (Å²) in [5, 5.41) is 11.3. The third-order valence-corrected chi connectivity index (χ3v) is 3.46. The van der Waals surface area contributed by atoms with Gasteiger partial charge in [-0.2, -0.15) is 13.2 Å². The fraction of sp³-hybridized carbons (Fsp3) is 0.833. The van der Waals surface area contributed by atoms with E-state index in [1.165, 1.54) is 0 Å². The van der Waals surface area contributed by atoms with Crippen LogP contribution in [0.2, 0.25) is 0 Å². The Balaban J connectivity index is 2.38. The molecule has 0 saturated heterocycles. The fourth-order valence-electron chi connectivity index (χ4n) is 2.27. The first-order valence-electron chi connectivity index (χ1n) is 6.35. The van der Waals surface area contributed by atoms with E-state index < -0.39 is 36.5 Å². The third-order valence-electron chi connectivity index (χ3n) is 3.46. The quantitative estimate of drug-likeness (QED) is 0.810. The van der Waals surface area contributed by atoms with Crippen molar-refractivity contribution < 1.29 is 32.6 Å². The lowest BCUT2D eigenvalue weighted by molar-refractivity contribution is -0.214. The number of amides is 1. The zero-order chi connectivity index (χ0) is 15.3. The number of carbonyl (C=O) groups excluding carboxylic acids is 1. The van der Waals surface area contributed by atoms with Crippen molar-refractivity contribution in [2.75, 3.05) is 7.11 Å². The highest BCUT2D eigenvalue weighted by Gasteiger charge is 2.41. The van der Waals surface area contributed by atoms with E-state index in [1.54, 1.807) is 0 Å². The Labute approximate surface area is 114 Å². The van der Waals surface area contributed by atoms with E-state index in [0.717, 1.165) is 7.11 Å². The summed E-state index contributed by atoms with van der Waals surface area (Å²) < 4.78 is 41.5. The summed E-state index contributed by atoms with van der Waals surface area (Å²) in [4.78, 5) is 22.3. The second-order valence-corrected chi connectivity index (χ2v) is 4.92. The second-order valence-electron chi connectivity index (χ2n) is 4.92. The van der Waals surface area contributed by atoms with Gasteiger partial charge in [-0.1, -0.05) is 0 Å². The molecule has 8 heteroatoms. The number of hydrogen-bond donors (Lipinski definition) is 2. The smallest absolute Gasteiger partial charge is 0.415 e. The number of alkyl halides is 3. The van der Waals surface area contributed by atoms with Crippen molar-refractivity contribution in [3.63, 3.8) is 0 Å². The molecule has 0 aliphatic heterocycles. The normalized spacial score (nSPS) is 25.0. The largest absolute Gasteiger partial charge is 0.481 e. The van der Waals surface area contributed by atoms with E-state index in [-0.39, 0.29) is 6.04 Å². The minimum atomic E-state index is -4.58. The van der Waals surface area contributed by atoms with Crippen LogP contribution in [0.4, 0.5) is 13.2 Å². The van der Waals surface area contributed by atoms with Crippen molar-refractivity contribution >= 4 is 11.9 Å². The molecule has 1 aliphatic carbocycles. The first kappa shape index (κ1) is 16.7. The van der Waals surface area contributed by atoms with E-state index in [0.29, 0.717) is 25.7 Å². The molecule has 20 heavy (non-hydrogen) atoms. The Kier molecular flexibility index (Phi) is 5.79. The summed E-state index contributed by atoms with van der Waals surface area (Å²) in [6.45, 7) is 0. The van der Waals surface area contributed by atoms with E-state index >= 15 is 0 Å². The van der Waals surface area contributed by atoms with Crippen LogP contribution in [0.1, 0.15) is 32.1 Å². The van der Waals surface area contributed by atoms with E-state index in [9.17, 15) is 22.8 Å². The Morgan fingerprint density at radius 1 is 1.30 bits per heavy atom. The van der Waals surface area contributed by atoms with Gasteiger partial charge < -0.3 is 15.2 Å². The average molecular weight is 297 g/mol. The highest BCUT2D eigenvalue weighted by Crippen LogP contribution is 2.26. The topological polar surface area (TPSA) is 75.6 Å². The molecule has 1 rings (SSSR count). The number of carboxylic acids is 1. The number of rotatable bonds is 5. The molecule has 0 radical (unpaired) electrons. The van der Waals surface area contributed by atoms with Crippen molar-refractivity contribution in [2.45, 2.75) is 50.4 Å². The third kappa shape index (κ3) is 4.99. The van der Waals surface area contributed by atoms with Gasteiger partial charge in [-0.05, 0) is 25.7 Å².